The first kappa shape index (κ1) is 18.6. The van der Waals surface area contributed by atoms with E-state index in [1.807, 2.05) is 30.3 Å². The SMILES string of the molecule is Cc1cccn1CCCOc1ccc(-n2cc(C(=O)O)cn2)cc1.Cl. The Labute approximate surface area is 152 Å². The standard InChI is InChI=1S/C18H19N3O3.ClH/c1-14-4-2-9-20(14)10-3-11-24-17-7-5-16(6-8-17)21-13-15(12-19-21)18(22)23;/h2,4-9,12-13H,3,10-11H2,1H3,(H,22,23);1H. The van der Waals surface area contributed by atoms with Crippen molar-refractivity contribution in [2.45, 2.75) is 19.9 Å². The summed E-state index contributed by atoms with van der Waals surface area (Å²) in [5, 5.41) is 13.0. The number of halogens is 1. The third-order valence-electron chi connectivity index (χ3n) is 3.80. The summed E-state index contributed by atoms with van der Waals surface area (Å²) in [7, 11) is 0. The Morgan fingerprint density at radius 1 is 1.24 bits per heavy atom. The summed E-state index contributed by atoms with van der Waals surface area (Å²) in [6.45, 7) is 3.66. The fourth-order valence-corrected chi connectivity index (χ4v) is 2.44. The van der Waals surface area contributed by atoms with Crippen LogP contribution in [-0.2, 0) is 6.54 Å². The molecule has 132 valence electrons. The lowest BCUT2D eigenvalue weighted by molar-refractivity contribution is 0.0697. The van der Waals surface area contributed by atoms with Gasteiger partial charge in [-0.15, -0.1) is 12.4 Å². The van der Waals surface area contributed by atoms with E-state index in [9.17, 15) is 4.79 Å². The van der Waals surface area contributed by atoms with Crippen LogP contribution in [0.4, 0.5) is 0 Å². The van der Waals surface area contributed by atoms with Crippen LogP contribution in [-0.4, -0.2) is 32.0 Å². The minimum atomic E-state index is -0.987. The van der Waals surface area contributed by atoms with E-state index in [-0.39, 0.29) is 18.0 Å². The molecule has 6 nitrogen and oxygen atoms in total. The predicted octanol–water partition coefficient (Wildman–Crippen LogP) is 3.57. The Hall–Kier alpha value is -2.73. The number of hydrogen-bond donors (Lipinski definition) is 1. The van der Waals surface area contributed by atoms with Gasteiger partial charge in [0.15, 0.2) is 0 Å². The first-order valence-corrected chi connectivity index (χ1v) is 7.76. The summed E-state index contributed by atoms with van der Waals surface area (Å²) in [5.74, 6) is -0.201. The third kappa shape index (κ3) is 4.64. The molecule has 0 radical (unpaired) electrons. The first-order valence-electron chi connectivity index (χ1n) is 7.76. The van der Waals surface area contributed by atoms with Gasteiger partial charge in [0.25, 0.3) is 0 Å². The van der Waals surface area contributed by atoms with Crippen molar-refractivity contribution in [3.05, 3.63) is 66.2 Å². The number of carboxylic acids is 1. The highest BCUT2D eigenvalue weighted by molar-refractivity contribution is 5.87. The molecule has 25 heavy (non-hydrogen) atoms. The van der Waals surface area contributed by atoms with Crippen LogP contribution in [0.5, 0.6) is 5.75 Å². The average molecular weight is 362 g/mol. The van der Waals surface area contributed by atoms with Gasteiger partial charge >= 0.3 is 5.97 Å². The van der Waals surface area contributed by atoms with Gasteiger partial charge in [-0.3, -0.25) is 0 Å². The molecule has 0 fully saturated rings. The van der Waals surface area contributed by atoms with Crippen LogP contribution in [0.1, 0.15) is 22.5 Å². The Morgan fingerprint density at radius 3 is 2.60 bits per heavy atom. The molecule has 0 saturated heterocycles. The molecule has 0 atom stereocenters. The van der Waals surface area contributed by atoms with E-state index in [1.54, 1.807) is 0 Å². The molecule has 0 aliphatic heterocycles. The Morgan fingerprint density at radius 2 is 2.00 bits per heavy atom. The number of rotatable bonds is 7. The largest absolute Gasteiger partial charge is 0.494 e. The highest BCUT2D eigenvalue weighted by Gasteiger charge is 2.07. The molecule has 0 spiro atoms. The molecule has 0 saturated carbocycles. The summed E-state index contributed by atoms with van der Waals surface area (Å²) in [4.78, 5) is 10.9. The van der Waals surface area contributed by atoms with Gasteiger partial charge in [0.1, 0.15) is 5.75 Å². The van der Waals surface area contributed by atoms with Crippen molar-refractivity contribution in [2.24, 2.45) is 0 Å². The molecule has 7 heteroatoms. The van der Waals surface area contributed by atoms with Gasteiger partial charge in [-0.1, -0.05) is 0 Å². The lowest BCUT2D eigenvalue weighted by Crippen LogP contribution is -2.05. The molecule has 2 aromatic heterocycles. The average Bonchev–Trinajstić information content (AvgIpc) is 3.22. The summed E-state index contributed by atoms with van der Waals surface area (Å²) in [6, 6.07) is 11.6. The van der Waals surface area contributed by atoms with Gasteiger partial charge < -0.3 is 14.4 Å². The van der Waals surface area contributed by atoms with Crippen LogP contribution >= 0.6 is 12.4 Å². The van der Waals surface area contributed by atoms with Gasteiger partial charge in [-0.2, -0.15) is 5.10 Å². The Kier molecular flexibility index (Phi) is 6.25. The quantitative estimate of drug-likeness (QED) is 0.653. The number of ether oxygens (including phenoxy) is 1. The van der Waals surface area contributed by atoms with Crippen LogP contribution in [0.15, 0.2) is 55.0 Å². The van der Waals surface area contributed by atoms with E-state index < -0.39 is 5.97 Å². The summed E-state index contributed by atoms with van der Waals surface area (Å²) >= 11 is 0. The monoisotopic (exact) mass is 361 g/mol. The summed E-state index contributed by atoms with van der Waals surface area (Å²) < 4.78 is 9.47. The zero-order valence-corrected chi connectivity index (χ0v) is 14.6. The number of carbonyl (C=O) groups is 1. The second-order valence-corrected chi connectivity index (χ2v) is 5.52. The topological polar surface area (TPSA) is 69.3 Å². The van der Waals surface area contributed by atoms with Gasteiger partial charge in [-0.25, -0.2) is 9.48 Å². The lowest BCUT2D eigenvalue weighted by Gasteiger charge is -2.09. The van der Waals surface area contributed by atoms with E-state index in [1.165, 1.54) is 22.8 Å². The van der Waals surface area contributed by atoms with Gasteiger partial charge in [0, 0.05) is 24.6 Å². The van der Waals surface area contributed by atoms with E-state index in [4.69, 9.17) is 9.84 Å². The molecule has 1 aromatic carbocycles. The second kappa shape index (κ2) is 8.39. The normalized spacial score (nSPS) is 10.3. The van der Waals surface area contributed by atoms with Crippen molar-refractivity contribution in [3.8, 4) is 11.4 Å². The molecule has 0 aliphatic rings. The van der Waals surface area contributed by atoms with Crippen molar-refractivity contribution in [1.82, 2.24) is 14.3 Å². The smallest absolute Gasteiger partial charge is 0.338 e. The Balaban J connectivity index is 0.00000225. The van der Waals surface area contributed by atoms with Crippen LogP contribution in [0, 0.1) is 6.92 Å². The maximum atomic E-state index is 10.9. The Bertz CT molecular complexity index is 824. The predicted molar refractivity (Wildman–Crippen MR) is 97.1 cm³/mol. The second-order valence-electron chi connectivity index (χ2n) is 5.52. The molecular formula is C18H20ClN3O3. The van der Waals surface area contributed by atoms with E-state index in [0.29, 0.717) is 6.61 Å². The zero-order chi connectivity index (χ0) is 16.9. The van der Waals surface area contributed by atoms with Crippen LogP contribution in [0.25, 0.3) is 5.69 Å². The van der Waals surface area contributed by atoms with Crippen LogP contribution in [0.2, 0.25) is 0 Å². The number of hydrogen-bond acceptors (Lipinski definition) is 3. The van der Waals surface area contributed by atoms with E-state index in [0.717, 1.165) is 24.4 Å². The fourth-order valence-electron chi connectivity index (χ4n) is 2.44. The third-order valence-corrected chi connectivity index (χ3v) is 3.80. The molecular weight excluding hydrogens is 342 g/mol. The maximum absolute atomic E-state index is 10.9. The molecule has 0 amide bonds. The molecule has 2 heterocycles. The van der Waals surface area contributed by atoms with Crippen molar-refractivity contribution >= 4 is 18.4 Å². The highest BCUT2D eigenvalue weighted by Crippen LogP contribution is 2.16. The molecule has 3 rings (SSSR count). The van der Waals surface area contributed by atoms with Crippen molar-refractivity contribution < 1.29 is 14.6 Å². The first-order chi connectivity index (χ1) is 11.6. The molecule has 3 aromatic rings. The maximum Gasteiger partial charge on any atom is 0.338 e. The number of aryl methyl sites for hydroxylation is 2. The lowest BCUT2D eigenvalue weighted by atomic mass is 10.3. The van der Waals surface area contributed by atoms with Crippen LogP contribution in [0.3, 0.4) is 0 Å². The molecule has 0 aliphatic carbocycles. The summed E-state index contributed by atoms with van der Waals surface area (Å²) in [6.07, 6.45) is 5.81. The number of benzene rings is 1. The number of aromatic nitrogens is 3. The number of nitrogens with zero attached hydrogens (tertiary/aromatic N) is 3. The minimum Gasteiger partial charge on any atom is -0.494 e. The van der Waals surface area contributed by atoms with E-state index in [2.05, 4.69) is 28.9 Å². The van der Waals surface area contributed by atoms with Crippen molar-refractivity contribution in [1.29, 1.82) is 0 Å². The number of aromatic carboxylic acids is 1. The van der Waals surface area contributed by atoms with Gasteiger partial charge in [-0.05, 0) is 49.7 Å². The molecule has 1 N–H and O–H groups in total. The van der Waals surface area contributed by atoms with E-state index >= 15 is 0 Å². The molecule has 0 bridgehead atoms. The van der Waals surface area contributed by atoms with Gasteiger partial charge in [0.05, 0.1) is 24.1 Å². The molecule has 0 unspecified atom stereocenters. The zero-order valence-electron chi connectivity index (χ0n) is 13.8. The number of carboxylic acid groups (broad SMARTS) is 1. The van der Waals surface area contributed by atoms with Crippen molar-refractivity contribution in [2.75, 3.05) is 6.61 Å². The minimum absolute atomic E-state index is 0. The fraction of sp³-hybridized carbons (Fsp3) is 0.222. The highest BCUT2D eigenvalue weighted by atomic mass is 35.5. The van der Waals surface area contributed by atoms with Crippen LogP contribution < -0.4 is 4.74 Å². The van der Waals surface area contributed by atoms with Gasteiger partial charge in [0.2, 0.25) is 0 Å². The van der Waals surface area contributed by atoms with Crippen molar-refractivity contribution in [3.63, 3.8) is 0 Å². The summed E-state index contributed by atoms with van der Waals surface area (Å²) in [5.41, 5.74) is 2.20.